The zero-order valence-corrected chi connectivity index (χ0v) is 8.88. The maximum absolute atomic E-state index is 2.44. The summed E-state index contributed by atoms with van der Waals surface area (Å²) >= 11 is 0. The van der Waals surface area contributed by atoms with Gasteiger partial charge in [0.1, 0.15) is 0 Å². The quantitative estimate of drug-likeness (QED) is 0.534. The van der Waals surface area contributed by atoms with E-state index in [0.717, 1.165) is 0 Å². The van der Waals surface area contributed by atoms with Gasteiger partial charge in [0.15, 0.2) is 0 Å². The van der Waals surface area contributed by atoms with Crippen LogP contribution in [0.2, 0.25) is 38.3 Å². The number of rotatable bonds is 3. The van der Waals surface area contributed by atoms with Gasteiger partial charge in [0.25, 0.3) is 0 Å². The Kier molecular flexibility index (Phi) is 4.56. The molecule has 0 saturated carbocycles. The zero-order valence-electron chi connectivity index (χ0n) is 6.57. The Morgan fingerprint density at radius 2 is 1.00 bits per heavy atom. The fourth-order valence-corrected chi connectivity index (χ4v) is 6.00. The maximum Gasteiger partial charge on any atom is 0.0302 e. The van der Waals surface area contributed by atoms with Crippen LogP contribution in [0.25, 0.3) is 0 Å². The summed E-state index contributed by atoms with van der Waals surface area (Å²) in [6.45, 7) is 9.76. The van der Waals surface area contributed by atoms with Crippen LogP contribution < -0.4 is 0 Å². The average molecular weight is 146 g/mol. The van der Waals surface area contributed by atoms with Gasteiger partial charge in [-0.05, 0) is 0 Å². The lowest BCUT2D eigenvalue weighted by Crippen LogP contribution is -2.05. The molecule has 0 nitrogen and oxygen atoms in total. The van der Waals surface area contributed by atoms with Crippen LogP contribution in [0.3, 0.4) is 0 Å². The monoisotopic (exact) mass is 146 g/mol. The lowest BCUT2D eigenvalue weighted by atomic mass is 10.9. The van der Waals surface area contributed by atoms with E-state index in [4.69, 9.17) is 0 Å². The smallest absolute Gasteiger partial charge is 0.0302 e. The fourth-order valence-electron chi connectivity index (χ4n) is 0.667. The van der Waals surface area contributed by atoms with Gasteiger partial charge in [0.2, 0.25) is 0 Å². The van der Waals surface area contributed by atoms with Crippen LogP contribution in [0.1, 0.15) is 0 Å². The van der Waals surface area contributed by atoms with Gasteiger partial charge in [-0.3, -0.25) is 0 Å². The minimum absolute atomic E-state index is 0.192. The van der Waals surface area contributed by atoms with Crippen molar-refractivity contribution >= 4 is 17.6 Å². The first-order valence-electron chi connectivity index (χ1n) is 3.63. The van der Waals surface area contributed by atoms with Crippen LogP contribution in [0.5, 0.6) is 0 Å². The van der Waals surface area contributed by atoms with Crippen LogP contribution in [0.15, 0.2) is 0 Å². The molecule has 0 aliphatic rings. The number of hydrogen-bond acceptors (Lipinski definition) is 0. The molecule has 0 saturated heterocycles. The molecule has 0 spiro atoms. The Labute approximate surface area is 56.5 Å². The van der Waals surface area contributed by atoms with Crippen molar-refractivity contribution in [3.63, 3.8) is 0 Å². The van der Waals surface area contributed by atoms with Gasteiger partial charge in [0.05, 0.1) is 0 Å². The second-order valence-corrected chi connectivity index (χ2v) is 10.1. The molecule has 0 fully saturated rings. The molecule has 0 bridgehead atoms. The van der Waals surface area contributed by atoms with E-state index >= 15 is 0 Å². The van der Waals surface area contributed by atoms with Crippen molar-refractivity contribution in [2.45, 2.75) is 38.3 Å². The highest BCUT2D eigenvalue weighted by Crippen LogP contribution is 2.01. The topological polar surface area (TPSA) is 0 Å². The minimum atomic E-state index is -0.192. The van der Waals surface area contributed by atoms with Crippen LogP contribution in [-0.4, -0.2) is 17.6 Å². The third-order valence-corrected chi connectivity index (χ3v) is 4.96. The Hall–Kier alpha value is 0.434. The molecule has 0 N–H and O–H groups in total. The summed E-state index contributed by atoms with van der Waals surface area (Å²) in [5.74, 6) is 0. The molecule has 0 aliphatic heterocycles. The first kappa shape index (κ1) is 8.43. The van der Waals surface area contributed by atoms with Crippen LogP contribution in [-0.2, 0) is 0 Å². The SMILES string of the molecule is C[SiH](C)CC[SiH](C)C. The first-order chi connectivity index (χ1) is 3.63. The molecule has 2 heteroatoms. The molecule has 8 heavy (non-hydrogen) atoms. The van der Waals surface area contributed by atoms with E-state index in [1.54, 1.807) is 12.1 Å². The highest BCUT2D eigenvalue weighted by atomic mass is 28.3. The molecular weight excluding hydrogens is 128 g/mol. The van der Waals surface area contributed by atoms with Gasteiger partial charge < -0.3 is 0 Å². The van der Waals surface area contributed by atoms with Crippen LogP contribution in [0, 0.1) is 0 Å². The van der Waals surface area contributed by atoms with E-state index in [0.29, 0.717) is 0 Å². The summed E-state index contributed by atoms with van der Waals surface area (Å²) in [6, 6.07) is 3.17. The highest BCUT2D eigenvalue weighted by Gasteiger charge is 1.98. The van der Waals surface area contributed by atoms with Crippen molar-refractivity contribution in [2.24, 2.45) is 0 Å². The van der Waals surface area contributed by atoms with Crippen molar-refractivity contribution in [3.8, 4) is 0 Å². The summed E-state index contributed by atoms with van der Waals surface area (Å²) < 4.78 is 0. The molecule has 0 heterocycles. The largest absolute Gasteiger partial charge is 0.0722 e. The van der Waals surface area contributed by atoms with Gasteiger partial charge in [-0.25, -0.2) is 0 Å². The van der Waals surface area contributed by atoms with Crippen molar-refractivity contribution in [3.05, 3.63) is 0 Å². The molecule has 0 aromatic carbocycles. The van der Waals surface area contributed by atoms with Crippen LogP contribution >= 0.6 is 0 Å². The normalized spacial score (nSPS) is 11.2. The predicted molar refractivity (Wildman–Crippen MR) is 47.4 cm³/mol. The maximum atomic E-state index is 2.44. The van der Waals surface area contributed by atoms with E-state index in [2.05, 4.69) is 26.2 Å². The Bertz CT molecular complexity index is 42.5. The summed E-state index contributed by atoms with van der Waals surface area (Å²) in [6.07, 6.45) is 0. The Morgan fingerprint density at radius 1 is 0.750 bits per heavy atom. The number of hydrogen-bond donors (Lipinski definition) is 0. The predicted octanol–water partition coefficient (Wildman–Crippen LogP) is 1.96. The van der Waals surface area contributed by atoms with Gasteiger partial charge in [-0.1, -0.05) is 38.3 Å². The molecule has 50 valence electrons. The van der Waals surface area contributed by atoms with E-state index in [1.165, 1.54) is 0 Å². The summed E-state index contributed by atoms with van der Waals surface area (Å²) in [5.41, 5.74) is 0. The van der Waals surface area contributed by atoms with E-state index in [1.807, 2.05) is 0 Å². The summed E-state index contributed by atoms with van der Waals surface area (Å²) in [4.78, 5) is 0. The third-order valence-electron chi connectivity index (χ3n) is 1.32. The molecule has 0 aromatic heterocycles. The van der Waals surface area contributed by atoms with Crippen molar-refractivity contribution in [1.29, 1.82) is 0 Å². The molecule has 0 unspecified atom stereocenters. The molecule has 0 aromatic rings. The third kappa shape index (κ3) is 6.43. The highest BCUT2D eigenvalue weighted by molar-refractivity contribution is 6.61. The molecule has 0 rings (SSSR count). The van der Waals surface area contributed by atoms with E-state index in [9.17, 15) is 0 Å². The second kappa shape index (κ2) is 4.33. The Balaban J connectivity index is 2.93. The standard InChI is InChI=1S/C6H18Si2/c1-7(2)5-6-8(3)4/h7-8H,5-6H2,1-4H3. The van der Waals surface area contributed by atoms with Crippen molar-refractivity contribution in [1.82, 2.24) is 0 Å². The second-order valence-electron chi connectivity index (χ2n) is 3.37. The summed E-state index contributed by atoms with van der Waals surface area (Å²) in [5, 5.41) is 0. The van der Waals surface area contributed by atoms with Gasteiger partial charge in [-0.2, -0.15) is 0 Å². The van der Waals surface area contributed by atoms with Gasteiger partial charge >= 0.3 is 0 Å². The van der Waals surface area contributed by atoms with E-state index < -0.39 is 0 Å². The lowest BCUT2D eigenvalue weighted by molar-refractivity contribution is 1.35. The average Bonchev–Trinajstić information content (AvgIpc) is 1.61. The molecular formula is C6H18Si2. The van der Waals surface area contributed by atoms with Crippen molar-refractivity contribution in [2.75, 3.05) is 0 Å². The van der Waals surface area contributed by atoms with E-state index in [-0.39, 0.29) is 17.6 Å². The van der Waals surface area contributed by atoms with Crippen LogP contribution in [0.4, 0.5) is 0 Å². The molecule has 0 radical (unpaired) electrons. The first-order valence-corrected chi connectivity index (χ1v) is 9.88. The lowest BCUT2D eigenvalue weighted by Gasteiger charge is -2.03. The fraction of sp³-hybridized carbons (Fsp3) is 1.00. The zero-order chi connectivity index (χ0) is 6.57. The van der Waals surface area contributed by atoms with Gasteiger partial charge in [-0.15, -0.1) is 0 Å². The minimum Gasteiger partial charge on any atom is -0.0722 e. The summed E-state index contributed by atoms with van der Waals surface area (Å²) in [7, 11) is -0.384. The molecule has 0 atom stereocenters. The van der Waals surface area contributed by atoms with Crippen molar-refractivity contribution < 1.29 is 0 Å². The Morgan fingerprint density at radius 3 is 1.12 bits per heavy atom. The van der Waals surface area contributed by atoms with Gasteiger partial charge in [0, 0.05) is 17.6 Å². The molecule has 0 aliphatic carbocycles. The molecule has 0 amide bonds.